The second kappa shape index (κ2) is 12.0. The third-order valence-electron chi connectivity index (χ3n) is 5.90. The van der Waals surface area contributed by atoms with Gasteiger partial charge in [-0.05, 0) is 35.6 Å². The predicted molar refractivity (Wildman–Crippen MR) is 128 cm³/mol. The van der Waals surface area contributed by atoms with Crippen molar-refractivity contribution in [2.24, 2.45) is 5.92 Å². The molecule has 2 aromatic rings. The molecule has 9 nitrogen and oxygen atoms in total. The molecule has 0 bridgehead atoms. The van der Waals surface area contributed by atoms with E-state index in [9.17, 15) is 24.3 Å². The number of nitrogens with one attached hydrogen (secondary N) is 2. The monoisotopic (exact) mass is 482 g/mol. The van der Waals surface area contributed by atoms with Gasteiger partial charge >= 0.3 is 18.0 Å². The van der Waals surface area contributed by atoms with Crippen LogP contribution in [0.3, 0.4) is 0 Å². The number of aliphatic carboxylic acids is 1. The summed E-state index contributed by atoms with van der Waals surface area (Å²) >= 11 is 0. The number of carboxylic acid groups (broad SMARTS) is 1. The number of carbonyl (C=O) groups is 4. The Bertz CT molecular complexity index is 1040. The maximum absolute atomic E-state index is 12.6. The Labute approximate surface area is 203 Å². The zero-order chi connectivity index (χ0) is 25.4. The largest absolute Gasteiger partial charge is 0.481 e. The summed E-state index contributed by atoms with van der Waals surface area (Å²) in [6.45, 7) is 3.24. The van der Waals surface area contributed by atoms with Crippen molar-refractivity contribution in [3.8, 4) is 11.1 Å². The molecular weight excluding hydrogens is 452 g/mol. The van der Waals surface area contributed by atoms with E-state index in [1.54, 1.807) is 6.92 Å². The second-order valence-electron chi connectivity index (χ2n) is 8.22. The van der Waals surface area contributed by atoms with Gasteiger partial charge in [0.05, 0.1) is 12.5 Å². The molecule has 9 heteroatoms. The van der Waals surface area contributed by atoms with Crippen molar-refractivity contribution in [2.45, 2.75) is 38.6 Å². The molecule has 0 heterocycles. The molecule has 2 aromatic carbocycles. The summed E-state index contributed by atoms with van der Waals surface area (Å²) in [5, 5.41) is 14.0. The first-order chi connectivity index (χ1) is 16.9. The van der Waals surface area contributed by atoms with E-state index in [0.29, 0.717) is 12.8 Å². The fraction of sp³-hybridized carbons (Fsp3) is 0.385. The van der Waals surface area contributed by atoms with Crippen molar-refractivity contribution in [3.63, 3.8) is 0 Å². The van der Waals surface area contributed by atoms with Gasteiger partial charge in [-0.2, -0.15) is 0 Å². The molecule has 0 fully saturated rings. The number of carboxylic acids is 1. The van der Waals surface area contributed by atoms with Crippen LogP contribution < -0.4 is 10.6 Å². The molecule has 186 valence electrons. The minimum absolute atomic E-state index is 0.00255. The van der Waals surface area contributed by atoms with E-state index in [2.05, 4.69) is 10.6 Å². The van der Waals surface area contributed by atoms with E-state index in [1.807, 2.05) is 55.5 Å². The molecule has 0 aliphatic heterocycles. The third-order valence-corrected chi connectivity index (χ3v) is 5.90. The van der Waals surface area contributed by atoms with Crippen molar-refractivity contribution in [2.75, 3.05) is 19.8 Å². The van der Waals surface area contributed by atoms with Gasteiger partial charge in [0.15, 0.2) is 0 Å². The third kappa shape index (κ3) is 6.17. The highest BCUT2D eigenvalue weighted by Gasteiger charge is 2.33. The normalized spacial score (nSPS) is 13.7. The van der Waals surface area contributed by atoms with Gasteiger partial charge < -0.3 is 19.9 Å². The number of hydrogen-bond donors (Lipinski definition) is 3. The molecule has 2 amide bonds. The number of amides is 2. The first kappa shape index (κ1) is 25.7. The van der Waals surface area contributed by atoms with Crippen LogP contribution in [-0.4, -0.2) is 54.8 Å². The number of ether oxygens (including phenoxy) is 2. The average Bonchev–Trinajstić information content (AvgIpc) is 3.17. The van der Waals surface area contributed by atoms with Gasteiger partial charge in [0.25, 0.3) is 5.91 Å². The fourth-order valence-electron chi connectivity index (χ4n) is 4.20. The Balaban J connectivity index is 1.65. The molecule has 0 aromatic heterocycles. The maximum Gasteiger partial charge on any atom is 0.408 e. The van der Waals surface area contributed by atoms with E-state index in [1.165, 1.54) is 0 Å². The van der Waals surface area contributed by atoms with Gasteiger partial charge in [-0.15, -0.1) is 0 Å². The number of hydrogen-bond acceptors (Lipinski definition) is 6. The Morgan fingerprint density at radius 1 is 0.943 bits per heavy atom. The summed E-state index contributed by atoms with van der Waals surface area (Å²) in [4.78, 5) is 48.9. The zero-order valence-corrected chi connectivity index (χ0v) is 19.8. The lowest BCUT2D eigenvalue weighted by molar-refractivity contribution is -0.149. The van der Waals surface area contributed by atoms with E-state index in [-0.39, 0.29) is 25.7 Å². The molecule has 1 aliphatic rings. The zero-order valence-electron chi connectivity index (χ0n) is 19.8. The van der Waals surface area contributed by atoms with E-state index >= 15 is 0 Å². The van der Waals surface area contributed by atoms with Crippen molar-refractivity contribution in [3.05, 3.63) is 59.7 Å². The summed E-state index contributed by atoms with van der Waals surface area (Å²) < 4.78 is 10.3. The Morgan fingerprint density at radius 3 is 2.09 bits per heavy atom. The van der Waals surface area contributed by atoms with Crippen LogP contribution in [0.5, 0.6) is 0 Å². The number of alkyl carbamates (subject to hydrolysis) is 1. The second-order valence-corrected chi connectivity index (χ2v) is 8.22. The lowest BCUT2D eigenvalue weighted by Crippen LogP contribution is -2.53. The summed E-state index contributed by atoms with van der Waals surface area (Å²) in [7, 11) is 0. The van der Waals surface area contributed by atoms with Crippen molar-refractivity contribution < 1.29 is 33.8 Å². The van der Waals surface area contributed by atoms with Gasteiger partial charge in [-0.25, -0.2) is 9.59 Å². The van der Waals surface area contributed by atoms with Gasteiger partial charge in [0.1, 0.15) is 6.61 Å². The average molecular weight is 483 g/mol. The van der Waals surface area contributed by atoms with Crippen molar-refractivity contribution in [1.82, 2.24) is 10.6 Å². The maximum atomic E-state index is 12.6. The molecular formula is C26H30N2O7. The smallest absolute Gasteiger partial charge is 0.408 e. The lowest BCUT2D eigenvalue weighted by Gasteiger charge is -2.19. The molecule has 0 spiro atoms. The Hall–Kier alpha value is -3.88. The van der Waals surface area contributed by atoms with Crippen LogP contribution in [0.4, 0.5) is 4.79 Å². The van der Waals surface area contributed by atoms with E-state index < -0.39 is 35.9 Å². The van der Waals surface area contributed by atoms with E-state index in [0.717, 1.165) is 22.3 Å². The lowest BCUT2D eigenvalue weighted by atomic mass is 9.98. The summed E-state index contributed by atoms with van der Waals surface area (Å²) in [5.41, 5.74) is 4.19. The molecule has 0 radical (unpaired) electrons. The molecule has 2 atom stereocenters. The van der Waals surface area contributed by atoms with Crippen LogP contribution in [0.2, 0.25) is 0 Å². The van der Waals surface area contributed by atoms with Crippen LogP contribution in [-0.2, 0) is 23.9 Å². The molecule has 2 unspecified atom stereocenters. The number of benzene rings is 2. The quantitative estimate of drug-likeness (QED) is 0.331. The first-order valence-electron chi connectivity index (χ1n) is 11.7. The SMILES string of the molecule is CCCC(CNC(=O)C(NC(=O)OCC1c2ccccc2-c2ccccc21)C(=O)OCC)C(=O)O. The minimum Gasteiger partial charge on any atom is -0.481 e. The number of carbonyl (C=O) groups excluding carboxylic acids is 3. The topological polar surface area (TPSA) is 131 Å². The highest BCUT2D eigenvalue weighted by atomic mass is 16.6. The molecule has 35 heavy (non-hydrogen) atoms. The Morgan fingerprint density at radius 2 is 1.54 bits per heavy atom. The van der Waals surface area contributed by atoms with Crippen LogP contribution in [0.25, 0.3) is 11.1 Å². The molecule has 3 rings (SSSR count). The van der Waals surface area contributed by atoms with Gasteiger partial charge in [-0.3, -0.25) is 14.9 Å². The van der Waals surface area contributed by atoms with Crippen molar-refractivity contribution >= 4 is 23.9 Å². The first-order valence-corrected chi connectivity index (χ1v) is 11.7. The van der Waals surface area contributed by atoms with Crippen molar-refractivity contribution in [1.29, 1.82) is 0 Å². The summed E-state index contributed by atoms with van der Waals surface area (Å²) in [6.07, 6.45) is 0.0226. The Kier molecular flexibility index (Phi) is 8.83. The highest BCUT2D eigenvalue weighted by Crippen LogP contribution is 2.44. The summed E-state index contributed by atoms with van der Waals surface area (Å²) in [6, 6.07) is 14.0. The van der Waals surface area contributed by atoms with Gasteiger partial charge in [0.2, 0.25) is 6.04 Å². The number of rotatable bonds is 11. The van der Waals surface area contributed by atoms with Gasteiger partial charge in [0, 0.05) is 12.5 Å². The minimum atomic E-state index is -1.67. The predicted octanol–water partition coefficient (Wildman–Crippen LogP) is 3.07. The van der Waals surface area contributed by atoms with E-state index in [4.69, 9.17) is 9.47 Å². The standard InChI is InChI=1S/C26H30N2O7/c1-3-9-16(24(30)31)14-27-23(29)22(25(32)34-4-2)28-26(33)35-15-21-19-12-7-5-10-17(19)18-11-6-8-13-20(18)21/h5-8,10-13,16,21-22H,3-4,9,14-15H2,1-2H3,(H,27,29)(H,28,33)(H,30,31). The number of fused-ring (bicyclic) bond motifs is 3. The van der Waals surface area contributed by atoms with Gasteiger partial charge in [-0.1, -0.05) is 61.9 Å². The van der Waals surface area contributed by atoms with Crippen LogP contribution >= 0.6 is 0 Å². The molecule has 0 saturated heterocycles. The summed E-state index contributed by atoms with van der Waals surface area (Å²) in [5.74, 6) is -3.86. The molecule has 3 N–H and O–H groups in total. The fourth-order valence-corrected chi connectivity index (χ4v) is 4.20. The highest BCUT2D eigenvalue weighted by molar-refractivity contribution is 6.04. The van der Waals surface area contributed by atoms with Crippen LogP contribution in [0, 0.1) is 5.92 Å². The molecule has 0 saturated carbocycles. The number of esters is 1. The van der Waals surface area contributed by atoms with Crippen LogP contribution in [0.1, 0.15) is 43.7 Å². The van der Waals surface area contributed by atoms with Crippen LogP contribution in [0.15, 0.2) is 48.5 Å². The molecule has 1 aliphatic carbocycles.